The maximum atomic E-state index is 10.9. The van der Waals surface area contributed by atoms with Crippen molar-refractivity contribution in [2.24, 2.45) is 0 Å². The number of aromatic amines is 1. The van der Waals surface area contributed by atoms with E-state index < -0.39 is 6.09 Å². The van der Waals surface area contributed by atoms with E-state index in [1.54, 1.807) is 30.5 Å². The van der Waals surface area contributed by atoms with E-state index in [0.29, 0.717) is 11.4 Å². The summed E-state index contributed by atoms with van der Waals surface area (Å²) < 4.78 is 0. The molecular weight excluding hydrogens is 234 g/mol. The molecule has 1 heterocycles. The Bertz CT molecular complexity index is 629. The third kappa shape index (κ3) is 2.49. The largest absolute Gasteiger partial charge is 0.465 e. The average molecular weight is 245 g/mol. The summed E-state index contributed by atoms with van der Waals surface area (Å²) in [5, 5.41) is 10.8. The molecule has 6 nitrogen and oxygen atoms in total. The van der Waals surface area contributed by atoms with Crippen molar-refractivity contribution in [3.05, 3.63) is 46.9 Å². The molecule has 0 radical (unpaired) electrons. The topological polar surface area (TPSA) is 108 Å². The Balaban J connectivity index is 2.36. The van der Waals surface area contributed by atoms with E-state index in [4.69, 9.17) is 10.8 Å². The molecule has 0 atom stereocenters. The average Bonchev–Trinajstić information content (AvgIpc) is 2.32. The minimum atomic E-state index is -1.17. The molecule has 6 heteroatoms. The van der Waals surface area contributed by atoms with Gasteiger partial charge < -0.3 is 15.8 Å². The summed E-state index contributed by atoms with van der Waals surface area (Å²) in [4.78, 5) is 24.0. The second-order valence-electron chi connectivity index (χ2n) is 3.67. The van der Waals surface area contributed by atoms with Crippen molar-refractivity contribution in [3.63, 3.8) is 0 Å². The number of rotatable bonds is 2. The fourth-order valence-corrected chi connectivity index (χ4v) is 1.56. The highest BCUT2D eigenvalue weighted by molar-refractivity contribution is 5.89. The van der Waals surface area contributed by atoms with E-state index >= 15 is 0 Å². The molecule has 18 heavy (non-hydrogen) atoms. The predicted octanol–water partition coefficient (Wildman–Crippen LogP) is 1.71. The third-order valence-corrected chi connectivity index (χ3v) is 2.41. The summed E-state index contributed by atoms with van der Waals surface area (Å²) >= 11 is 0. The van der Waals surface area contributed by atoms with Gasteiger partial charge in [-0.05, 0) is 29.3 Å². The molecule has 1 aromatic heterocycles. The summed E-state index contributed by atoms with van der Waals surface area (Å²) in [5.74, 6) is 0. The number of anilines is 2. The molecule has 92 valence electrons. The van der Waals surface area contributed by atoms with Crippen LogP contribution in [0.2, 0.25) is 0 Å². The van der Waals surface area contributed by atoms with Crippen LogP contribution in [0.5, 0.6) is 0 Å². The number of nitrogens with two attached hydrogens (primary N) is 1. The van der Waals surface area contributed by atoms with Gasteiger partial charge in [-0.25, -0.2) is 4.79 Å². The molecule has 0 aliphatic heterocycles. The van der Waals surface area contributed by atoms with E-state index in [0.717, 1.165) is 11.1 Å². The second kappa shape index (κ2) is 4.62. The summed E-state index contributed by atoms with van der Waals surface area (Å²) in [7, 11) is 0. The minimum Gasteiger partial charge on any atom is -0.465 e. The number of carbonyl (C=O) groups is 1. The normalized spacial score (nSPS) is 10.0. The Hall–Kier alpha value is -2.76. The first-order valence-electron chi connectivity index (χ1n) is 5.15. The molecule has 1 amide bonds. The molecule has 0 unspecified atom stereocenters. The van der Waals surface area contributed by atoms with E-state index in [1.165, 1.54) is 6.07 Å². The third-order valence-electron chi connectivity index (χ3n) is 2.41. The van der Waals surface area contributed by atoms with Crippen molar-refractivity contribution >= 4 is 17.5 Å². The van der Waals surface area contributed by atoms with Crippen molar-refractivity contribution < 1.29 is 9.90 Å². The van der Waals surface area contributed by atoms with Crippen LogP contribution < -0.4 is 16.6 Å². The van der Waals surface area contributed by atoms with Gasteiger partial charge in [0.15, 0.2) is 0 Å². The van der Waals surface area contributed by atoms with Crippen LogP contribution in [0.15, 0.2) is 41.3 Å². The van der Waals surface area contributed by atoms with Crippen LogP contribution in [-0.2, 0) is 0 Å². The zero-order valence-electron chi connectivity index (χ0n) is 9.31. The Morgan fingerprint density at radius 3 is 2.50 bits per heavy atom. The molecule has 1 aromatic carbocycles. The number of hydrogen-bond donors (Lipinski definition) is 4. The molecule has 0 saturated carbocycles. The van der Waals surface area contributed by atoms with Crippen molar-refractivity contribution in [1.82, 2.24) is 4.98 Å². The van der Waals surface area contributed by atoms with Gasteiger partial charge in [0.1, 0.15) is 0 Å². The van der Waals surface area contributed by atoms with Crippen LogP contribution >= 0.6 is 0 Å². The van der Waals surface area contributed by atoms with Crippen LogP contribution in [0.1, 0.15) is 0 Å². The minimum absolute atomic E-state index is 0.184. The van der Waals surface area contributed by atoms with Crippen molar-refractivity contribution in [3.8, 4) is 11.1 Å². The number of H-pyrrole nitrogens is 1. The Morgan fingerprint density at radius 1 is 1.22 bits per heavy atom. The number of aromatic nitrogens is 1. The quantitative estimate of drug-likeness (QED) is 0.604. The maximum Gasteiger partial charge on any atom is 0.409 e. The first kappa shape index (κ1) is 11.7. The van der Waals surface area contributed by atoms with Gasteiger partial charge in [0.25, 0.3) is 0 Å². The molecular formula is C12H11N3O3. The summed E-state index contributed by atoms with van der Waals surface area (Å²) in [5.41, 5.74) is 7.79. The molecule has 0 aliphatic rings. The number of nitrogen functional groups attached to an aromatic ring is 1. The SMILES string of the molecule is Nc1cc(-c2ccc(=O)[nH]c2)ccc1NC(=O)O. The van der Waals surface area contributed by atoms with Gasteiger partial charge in [0, 0.05) is 12.3 Å². The monoisotopic (exact) mass is 245 g/mol. The number of nitrogens with one attached hydrogen (secondary N) is 2. The fraction of sp³-hybridized carbons (Fsp3) is 0. The highest BCUT2D eigenvalue weighted by atomic mass is 16.4. The standard InChI is InChI=1S/C12H11N3O3/c13-9-5-7(1-3-10(9)15-12(17)18)8-2-4-11(16)14-6-8/h1-6,15H,13H2,(H,14,16)(H,17,18). The molecule has 2 aromatic rings. The highest BCUT2D eigenvalue weighted by Gasteiger charge is 2.05. The molecule has 0 fully saturated rings. The van der Waals surface area contributed by atoms with Crippen molar-refractivity contribution in [2.45, 2.75) is 0 Å². The Morgan fingerprint density at radius 2 is 1.94 bits per heavy atom. The van der Waals surface area contributed by atoms with Crippen LogP contribution in [0.25, 0.3) is 11.1 Å². The van der Waals surface area contributed by atoms with Gasteiger partial charge in [-0.1, -0.05) is 6.07 Å². The molecule has 5 N–H and O–H groups in total. The van der Waals surface area contributed by atoms with Crippen LogP contribution in [0.3, 0.4) is 0 Å². The maximum absolute atomic E-state index is 10.9. The van der Waals surface area contributed by atoms with Gasteiger partial charge in [0.05, 0.1) is 11.4 Å². The first-order chi connectivity index (χ1) is 8.56. The Labute approximate surface area is 102 Å². The van der Waals surface area contributed by atoms with Gasteiger partial charge in [-0.15, -0.1) is 0 Å². The van der Waals surface area contributed by atoms with Crippen LogP contribution in [0.4, 0.5) is 16.2 Å². The first-order valence-corrected chi connectivity index (χ1v) is 5.15. The number of carboxylic acid groups (broad SMARTS) is 1. The highest BCUT2D eigenvalue weighted by Crippen LogP contribution is 2.26. The van der Waals surface area contributed by atoms with Crippen molar-refractivity contribution in [2.75, 3.05) is 11.1 Å². The van der Waals surface area contributed by atoms with Crippen LogP contribution in [-0.4, -0.2) is 16.2 Å². The van der Waals surface area contributed by atoms with E-state index in [1.807, 2.05) is 0 Å². The molecule has 0 bridgehead atoms. The smallest absolute Gasteiger partial charge is 0.409 e. The fourth-order valence-electron chi connectivity index (χ4n) is 1.56. The van der Waals surface area contributed by atoms with Gasteiger partial charge in [0.2, 0.25) is 5.56 Å². The molecule has 0 aliphatic carbocycles. The lowest BCUT2D eigenvalue weighted by molar-refractivity contribution is 0.210. The number of benzene rings is 1. The lowest BCUT2D eigenvalue weighted by Crippen LogP contribution is -2.09. The zero-order chi connectivity index (χ0) is 13.1. The van der Waals surface area contributed by atoms with Gasteiger partial charge >= 0.3 is 6.09 Å². The molecule has 0 spiro atoms. The Kier molecular flexibility index (Phi) is 3.01. The lowest BCUT2D eigenvalue weighted by atomic mass is 10.1. The van der Waals surface area contributed by atoms with Gasteiger partial charge in [-0.2, -0.15) is 0 Å². The van der Waals surface area contributed by atoms with E-state index in [9.17, 15) is 9.59 Å². The van der Waals surface area contributed by atoms with E-state index in [2.05, 4.69) is 10.3 Å². The van der Waals surface area contributed by atoms with E-state index in [-0.39, 0.29) is 5.56 Å². The summed E-state index contributed by atoms with van der Waals surface area (Å²) in [6.45, 7) is 0. The zero-order valence-corrected chi connectivity index (χ0v) is 9.31. The number of pyridine rings is 1. The molecule has 0 saturated heterocycles. The number of amides is 1. The van der Waals surface area contributed by atoms with Gasteiger partial charge in [-0.3, -0.25) is 10.1 Å². The summed E-state index contributed by atoms with van der Waals surface area (Å²) in [6.07, 6.45) is 0.403. The predicted molar refractivity (Wildman–Crippen MR) is 68.6 cm³/mol. The number of hydrogen-bond acceptors (Lipinski definition) is 3. The summed E-state index contributed by atoms with van der Waals surface area (Å²) in [6, 6.07) is 8.00. The lowest BCUT2D eigenvalue weighted by Gasteiger charge is -2.07. The van der Waals surface area contributed by atoms with Crippen molar-refractivity contribution in [1.29, 1.82) is 0 Å². The second-order valence-corrected chi connectivity index (χ2v) is 3.67. The molecule has 2 rings (SSSR count). The van der Waals surface area contributed by atoms with Crippen LogP contribution in [0, 0.1) is 0 Å².